The molecule has 0 atom stereocenters. The molecule has 6 heteroatoms. The summed E-state index contributed by atoms with van der Waals surface area (Å²) in [5.41, 5.74) is -0.0412. The highest BCUT2D eigenvalue weighted by atomic mass is 35.5. The topological polar surface area (TPSA) is 49.8 Å². The van der Waals surface area contributed by atoms with Gasteiger partial charge in [-0.2, -0.15) is 0 Å². The molecule has 1 N–H and O–H groups in total. The Morgan fingerprint density at radius 1 is 1.33 bits per heavy atom. The largest absolute Gasteiger partial charge is 0.388 e. The number of ether oxygens (including phenoxy) is 1. The standard InChI is InChI=1S/C15H19Cl2NO3/c1-18(10-15(20)4-6-21-7-5-15)14(19)9-11-2-3-12(16)13(17)8-11/h2-3,8,20H,4-7,9-10H2,1H3. The number of nitrogens with zero attached hydrogens (tertiary/aromatic N) is 1. The summed E-state index contributed by atoms with van der Waals surface area (Å²) in [6, 6.07) is 5.15. The van der Waals surface area contributed by atoms with Crippen LogP contribution in [0.1, 0.15) is 18.4 Å². The molecule has 1 aliphatic heterocycles. The Morgan fingerprint density at radius 2 is 2.00 bits per heavy atom. The summed E-state index contributed by atoms with van der Waals surface area (Å²) in [4.78, 5) is 13.8. The van der Waals surface area contributed by atoms with E-state index >= 15 is 0 Å². The second-order valence-corrected chi connectivity index (χ2v) is 6.33. The molecule has 116 valence electrons. The minimum atomic E-state index is -0.847. The van der Waals surface area contributed by atoms with E-state index < -0.39 is 5.60 Å². The maximum absolute atomic E-state index is 12.2. The van der Waals surface area contributed by atoms with Gasteiger partial charge in [0.15, 0.2) is 0 Å². The Labute approximate surface area is 134 Å². The van der Waals surface area contributed by atoms with Gasteiger partial charge in [0.05, 0.1) is 22.1 Å². The lowest BCUT2D eigenvalue weighted by Gasteiger charge is -2.35. The molecule has 0 aromatic heterocycles. The number of rotatable bonds is 4. The lowest BCUT2D eigenvalue weighted by atomic mass is 9.94. The first-order valence-electron chi connectivity index (χ1n) is 6.88. The van der Waals surface area contributed by atoms with Crippen molar-refractivity contribution in [2.24, 2.45) is 0 Å². The van der Waals surface area contributed by atoms with E-state index in [0.29, 0.717) is 42.6 Å². The molecular weight excluding hydrogens is 313 g/mol. The van der Waals surface area contributed by atoms with Gasteiger partial charge in [-0.05, 0) is 17.7 Å². The van der Waals surface area contributed by atoms with Crippen LogP contribution in [0, 0.1) is 0 Å². The van der Waals surface area contributed by atoms with Crippen LogP contribution < -0.4 is 0 Å². The predicted molar refractivity (Wildman–Crippen MR) is 82.8 cm³/mol. The SMILES string of the molecule is CN(CC1(O)CCOCC1)C(=O)Cc1ccc(Cl)c(Cl)c1. The van der Waals surface area contributed by atoms with Crippen molar-refractivity contribution < 1.29 is 14.6 Å². The summed E-state index contributed by atoms with van der Waals surface area (Å²) < 4.78 is 5.24. The number of aliphatic hydroxyl groups is 1. The van der Waals surface area contributed by atoms with Gasteiger partial charge in [-0.3, -0.25) is 4.79 Å². The first-order valence-corrected chi connectivity index (χ1v) is 7.63. The van der Waals surface area contributed by atoms with Crippen molar-refractivity contribution in [3.63, 3.8) is 0 Å². The summed E-state index contributed by atoms with van der Waals surface area (Å²) >= 11 is 11.8. The molecule has 0 aliphatic carbocycles. The Kier molecular flexibility index (Phi) is 5.49. The second kappa shape index (κ2) is 6.97. The summed E-state index contributed by atoms with van der Waals surface area (Å²) in [5.74, 6) is -0.0618. The van der Waals surface area contributed by atoms with E-state index in [1.54, 1.807) is 30.1 Å². The van der Waals surface area contributed by atoms with Crippen molar-refractivity contribution in [3.8, 4) is 0 Å². The molecule has 1 amide bonds. The summed E-state index contributed by atoms with van der Waals surface area (Å²) in [7, 11) is 1.70. The van der Waals surface area contributed by atoms with Crippen LogP contribution in [0.2, 0.25) is 10.0 Å². The minimum absolute atomic E-state index is 0.0618. The van der Waals surface area contributed by atoms with Crippen LogP contribution in [0.3, 0.4) is 0 Å². The Morgan fingerprint density at radius 3 is 2.62 bits per heavy atom. The fourth-order valence-corrected chi connectivity index (χ4v) is 2.72. The Balaban J connectivity index is 1.94. The van der Waals surface area contributed by atoms with Crippen LogP contribution in [0.5, 0.6) is 0 Å². The van der Waals surface area contributed by atoms with Gasteiger partial charge in [-0.25, -0.2) is 0 Å². The molecule has 1 aromatic carbocycles. The van der Waals surface area contributed by atoms with E-state index in [0.717, 1.165) is 5.56 Å². The molecule has 1 fully saturated rings. The lowest BCUT2D eigenvalue weighted by molar-refractivity contribution is -0.136. The third-order valence-corrected chi connectivity index (χ3v) is 4.46. The van der Waals surface area contributed by atoms with Crippen molar-refractivity contribution >= 4 is 29.1 Å². The fraction of sp³-hybridized carbons (Fsp3) is 0.533. The molecule has 0 bridgehead atoms. The number of benzene rings is 1. The zero-order chi connectivity index (χ0) is 15.5. The predicted octanol–water partition coefficient (Wildman–Crippen LogP) is 2.54. The molecule has 0 spiro atoms. The molecule has 1 aliphatic rings. The molecule has 0 unspecified atom stereocenters. The second-order valence-electron chi connectivity index (χ2n) is 5.51. The first-order chi connectivity index (χ1) is 9.89. The molecule has 1 aromatic rings. The van der Waals surface area contributed by atoms with E-state index in [1.165, 1.54) is 0 Å². The van der Waals surface area contributed by atoms with Crippen LogP contribution in [-0.4, -0.2) is 48.3 Å². The van der Waals surface area contributed by atoms with Gasteiger partial charge < -0.3 is 14.7 Å². The average molecular weight is 332 g/mol. The molecule has 4 nitrogen and oxygen atoms in total. The third-order valence-electron chi connectivity index (χ3n) is 3.72. The summed E-state index contributed by atoms with van der Waals surface area (Å²) in [6.07, 6.45) is 1.34. The van der Waals surface area contributed by atoms with Gasteiger partial charge in [0.2, 0.25) is 5.91 Å². The van der Waals surface area contributed by atoms with Gasteiger partial charge in [-0.1, -0.05) is 29.3 Å². The van der Waals surface area contributed by atoms with E-state index in [2.05, 4.69) is 0 Å². The van der Waals surface area contributed by atoms with Crippen LogP contribution in [0.25, 0.3) is 0 Å². The van der Waals surface area contributed by atoms with Crippen molar-refractivity contribution in [1.29, 1.82) is 0 Å². The number of carbonyl (C=O) groups excluding carboxylic acids is 1. The molecular formula is C15H19Cl2NO3. The summed E-state index contributed by atoms with van der Waals surface area (Å²) in [5, 5.41) is 11.3. The number of amides is 1. The maximum Gasteiger partial charge on any atom is 0.226 e. The summed E-state index contributed by atoms with van der Waals surface area (Å²) in [6.45, 7) is 1.38. The van der Waals surface area contributed by atoms with Gasteiger partial charge in [0, 0.05) is 39.6 Å². The van der Waals surface area contributed by atoms with Gasteiger partial charge in [0.25, 0.3) is 0 Å². The fourth-order valence-electron chi connectivity index (χ4n) is 2.40. The van der Waals surface area contributed by atoms with Crippen LogP contribution in [0.4, 0.5) is 0 Å². The number of carbonyl (C=O) groups is 1. The van der Waals surface area contributed by atoms with Crippen molar-refractivity contribution in [3.05, 3.63) is 33.8 Å². The van der Waals surface area contributed by atoms with E-state index in [-0.39, 0.29) is 12.3 Å². The van der Waals surface area contributed by atoms with E-state index in [4.69, 9.17) is 27.9 Å². The number of halogens is 2. The lowest BCUT2D eigenvalue weighted by Crippen LogP contribution is -2.47. The first kappa shape index (κ1) is 16.6. The molecule has 0 saturated carbocycles. The smallest absolute Gasteiger partial charge is 0.226 e. The number of hydrogen-bond donors (Lipinski definition) is 1. The minimum Gasteiger partial charge on any atom is -0.388 e. The van der Waals surface area contributed by atoms with E-state index in [1.807, 2.05) is 0 Å². The molecule has 1 heterocycles. The molecule has 1 saturated heterocycles. The Hall–Kier alpha value is -0.810. The highest BCUT2D eigenvalue weighted by molar-refractivity contribution is 6.42. The van der Waals surface area contributed by atoms with Crippen molar-refractivity contribution in [1.82, 2.24) is 4.90 Å². The molecule has 21 heavy (non-hydrogen) atoms. The third kappa shape index (κ3) is 4.58. The van der Waals surface area contributed by atoms with Crippen LogP contribution >= 0.6 is 23.2 Å². The maximum atomic E-state index is 12.2. The molecule has 0 radical (unpaired) electrons. The normalized spacial score (nSPS) is 17.5. The highest BCUT2D eigenvalue weighted by Gasteiger charge is 2.32. The zero-order valence-electron chi connectivity index (χ0n) is 11.9. The van der Waals surface area contributed by atoms with Gasteiger partial charge in [0.1, 0.15) is 0 Å². The average Bonchev–Trinajstić information content (AvgIpc) is 2.43. The van der Waals surface area contributed by atoms with Gasteiger partial charge >= 0.3 is 0 Å². The van der Waals surface area contributed by atoms with Gasteiger partial charge in [-0.15, -0.1) is 0 Å². The zero-order valence-corrected chi connectivity index (χ0v) is 13.5. The van der Waals surface area contributed by atoms with Crippen molar-refractivity contribution in [2.45, 2.75) is 24.9 Å². The Bertz CT molecular complexity index is 516. The monoisotopic (exact) mass is 331 g/mol. The molecule has 2 rings (SSSR count). The van der Waals surface area contributed by atoms with Crippen LogP contribution in [-0.2, 0) is 16.0 Å². The number of hydrogen-bond acceptors (Lipinski definition) is 3. The van der Waals surface area contributed by atoms with Crippen molar-refractivity contribution in [2.75, 3.05) is 26.8 Å². The number of likely N-dealkylation sites (N-methyl/N-ethyl adjacent to an activating group) is 1. The van der Waals surface area contributed by atoms with E-state index in [9.17, 15) is 9.90 Å². The highest BCUT2D eigenvalue weighted by Crippen LogP contribution is 2.24. The quantitative estimate of drug-likeness (QED) is 0.922. The van der Waals surface area contributed by atoms with Crippen LogP contribution in [0.15, 0.2) is 18.2 Å².